The first-order valence-electron chi connectivity index (χ1n) is 11.8. The van der Waals surface area contributed by atoms with Crippen molar-refractivity contribution in [1.29, 1.82) is 0 Å². The average molecular weight is 448 g/mol. The zero-order valence-electron chi connectivity index (χ0n) is 19.7. The van der Waals surface area contributed by atoms with Crippen molar-refractivity contribution in [2.75, 3.05) is 7.11 Å². The predicted molar refractivity (Wildman–Crippen MR) is 137 cm³/mol. The Bertz CT molecular complexity index is 1290. The minimum atomic E-state index is 0.0811. The van der Waals surface area contributed by atoms with E-state index in [-0.39, 0.29) is 11.9 Å². The third-order valence-electron chi connectivity index (χ3n) is 6.79. The summed E-state index contributed by atoms with van der Waals surface area (Å²) in [6.07, 6.45) is 1.75. The van der Waals surface area contributed by atoms with Gasteiger partial charge in [-0.15, -0.1) is 0 Å². The summed E-state index contributed by atoms with van der Waals surface area (Å²) in [7, 11) is 1.68. The maximum absolute atomic E-state index is 14.4. The molecule has 0 atom stereocenters. The molecule has 0 unspecified atom stereocenters. The SMILES string of the molecule is COc1cccc(CN(C(=O)c2c(C)cccc2-c2ccccc2)C2Cc3ccccc3C2)c1. The van der Waals surface area contributed by atoms with Gasteiger partial charge in [-0.05, 0) is 65.3 Å². The molecule has 4 aromatic rings. The fourth-order valence-corrected chi connectivity index (χ4v) is 5.04. The number of amides is 1. The van der Waals surface area contributed by atoms with Gasteiger partial charge in [0.1, 0.15) is 5.75 Å². The topological polar surface area (TPSA) is 29.5 Å². The van der Waals surface area contributed by atoms with Gasteiger partial charge in [0, 0.05) is 12.6 Å². The first-order valence-corrected chi connectivity index (χ1v) is 11.8. The van der Waals surface area contributed by atoms with Crippen molar-refractivity contribution in [2.24, 2.45) is 0 Å². The number of carbonyl (C=O) groups excluding carboxylic acids is 1. The lowest BCUT2D eigenvalue weighted by molar-refractivity contribution is 0.0667. The zero-order chi connectivity index (χ0) is 23.5. The number of nitrogens with zero attached hydrogens (tertiary/aromatic N) is 1. The van der Waals surface area contributed by atoms with E-state index in [1.54, 1.807) is 7.11 Å². The summed E-state index contributed by atoms with van der Waals surface area (Å²) in [6.45, 7) is 2.57. The molecule has 1 aliphatic carbocycles. The van der Waals surface area contributed by atoms with E-state index in [1.165, 1.54) is 11.1 Å². The molecule has 4 aromatic carbocycles. The summed E-state index contributed by atoms with van der Waals surface area (Å²) in [4.78, 5) is 16.4. The third-order valence-corrected chi connectivity index (χ3v) is 6.79. The molecular formula is C31H29NO2. The van der Waals surface area contributed by atoms with Crippen LogP contribution in [0.25, 0.3) is 11.1 Å². The van der Waals surface area contributed by atoms with Gasteiger partial charge in [-0.1, -0.05) is 84.9 Å². The second kappa shape index (κ2) is 9.56. The number of methoxy groups -OCH3 is 1. The Morgan fingerprint density at radius 3 is 2.24 bits per heavy atom. The lowest BCUT2D eigenvalue weighted by atomic mass is 9.94. The van der Waals surface area contributed by atoms with Crippen LogP contribution >= 0.6 is 0 Å². The van der Waals surface area contributed by atoms with Gasteiger partial charge < -0.3 is 9.64 Å². The van der Waals surface area contributed by atoms with Crippen LogP contribution in [-0.4, -0.2) is 24.0 Å². The van der Waals surface area contributed by atoms with Crippen LogP contribution in [0.4, 0.5) is 0 Å². The average Bonchev–Trinajstić information content (AvgIpc) is 3.31. The molecule has 170 valence electrons. The molecule has 0 radical (unpaired) electrons. The number of ether oxygens (including phenoxy) is 1. The Kier molecular flexibility index (Phi) is 6.18. The number of carbonyl (C=O) groups is 1. The lowest BCUT2D eigenvalue weighted by Crippen LogP contribution is -2.41. The van der Waals surface area contributed by atoms with E-state index < -0.39 is 0 Å². The van der Waals surface area contributed by atoms with Crippen molar-refractivity contribution in [2.45, 2.75) is 32.4 Å². The molecular weight excluding hydrogens is 418 g/mol. The normalized spacial score (nSPS) is 12.9. The molecule has 1 amide bonds. The van der Waals surface area contributed by atoms with Gasteiger partial charge in [0.25, 0.3) is 5.91 Å². The highest BCUT2D eigenvalue weighted by atomic mass is 16.5. The number of benzene rings is 4. The second-order valence-electron chi connectivity index (χ2n) is 8.98. The number of rotatable bonds is 6. The number of aryl methyl sites for hydroxylation is 1. The number of hydrogen-bond acceptors (Lipinski definition) is 2. The van der Waals surface area contributed by atoms with Gasteiger partial charge in [0.15, 0.2) is 0 Å². The summed E-state index contributed by atoms with van der Waals surface area (Å²) in [5.74, 6) is 0.887. The fraction of sp³-hybridized carbons (Fsp3) is 0.194. The molecule has 0 fully saturated rings. The molecule has 0 bridgehead atoms. The van der Waals surface area contributed by atoms with Crippen LogP contribution in [0.5, 0.6) is 5.75 Å². The van der Waals surface area contributed by atoms with Crippen LogP contribution in [0, 0.1) is 6.92 Å². The molecule has 3 heteroatoms. The van der Waals surface area contributed by atoms with Crippen LogP contribution < -0.4 is 4.74 Å². The highest BCUT2D eigenvalue weighted by Gasteiger charge is 2.32. The van der Waals surface area contributed by atoms with Crippen LogP contribution in [0.2, 0.25) is 0 Å². The van der Waals surface area contributed by atoms with Crippen LogP contribution in [0.1, 0.15) is 32.6 Å². The Balaban J connectivity index is 1.56. The van der Waals surface area contributed by atoms with Crippen molar-refractivity contribution >= 4 is 5.91 Å². The molecule has 0 aliphatic heterocycles. The van der Waals surface area contributed by atoms with E-state index in [4.69, 9.17) is 4.74 Å². The van der Waals surface area contributed by atoms with Gasteiger partial charge in [0.2, 0.25) is 0 Å². The number of hydrogen-bond donors (Lipinski definition) is 0. The van der Waals surface area contributed by atoms with Gasteiger partial charge in [-0.25, -0.2) is 0 Å². The molecule has 0 spiro atoms. The molecule has 5 rings (SSSR count). The van der Waals surface area contributed by atoms with E-state index in [1.807, 2.05) is 55.5 Å². The molecule has 0 saturated carbocycles. The monoisotopic (exact) mass is 447 g/mol. The second-order valence-corrected chi connectivity index (χ2v) is 8.98. The van der Waals surface area contributed by atoms with E-state index in [2.05, 4.69) is 53.4 Å². The summed E-state index contributed by atoms with van der Waals surface area (Å²) >= 11 is 0. The van der Waals surface area contributed by atoms with Gasteiger partial charge in [-0.3, -0.25) is 4.79 Å². The molecule has 0 aromatic heterocycles. The minimum Gasteiger partial charge on any atom is -0.497 e. The van der Waals surface area contributed by atoms with Crippen LogP contribution in [0.15, 0.2) is 97.1 Å². The van der Waals surface area contributed by atoms with Crippen molar-refractivity contribution in [3.05, 3.63) is 125 Å². The fourth-order valence-electron chi connectivity index (χ4n) is 5.04. The Labute approximate surface area is 201 Å². The predicted octanol–water partition coefficient (Wildman–Crippen LogP) is 6.48. The van der Waals surface area contributed by atoms with Crippen molar-refractivity contribution in [3.8, 4) is 16.9 Å². The molecule has 34 heavy (non-hydrogen) atoms. The van der Waals surface area contributed by atoms with Gasteiger partial charge in [-0.2, -0.15) is 0 Å². The molecule has 1 aliphatic rings. The maximum atomic E-state index is 14.4. The Morgan fingerprint density at radius 2 is 1.53 bits per heavy atom. The smallest absolute Gasteiger partial charge is 0.255 e. The quantitative estimate of drug-likeness (QED) is 0.339. The van der Waals surface area contributed by atoms with Gasteiger partial charge >= 0.3 is 0 Å². The van der Waals surface area contributed by atoms with Crippen LogP contribution in [0.3, 0.4) is 0 Å². The van der Waals surface area contributed by atoms with E-state index in [0.29, 0.717) is 6.54 Å². The summed E-state index contributed by atoms with van der Waals surface area (Å²) < 4.78 is 5.45. The van der Waals surface area contributed by atoms with Crippen LogP contribution in [-0.2, 0) is 19.4 Å². The third kappa shape index (κ3) is 4.34. The van der Waals surface area contributed by atoms with E-state index >= 15 is 0 Å². The van der Waals surface area contributed by atoms with Crippen molar-refractivity contribution < 1.29 is 9.53 Å². The molecule has 0 heterocycles. The Morgan fingerprint density at radius 1 is 0.853 bits per heavy atom. The highest BCUT2D eigenvalue weighted by molar-refractivity contribution is 6.02. The first kappa shape index (κ1) is 22.0. The standard InChI is InChI=1S/C31H29NO2/c1-22-10-8-17-29(24-12-4-3-5-13-24)30(22)31(33)32(21-23-11-9-16-28(18-23)34-2)27-19-25-14-6-7-15-26(25)20-27/h3-18,27H,19-21H2,1-2H3. The van der Waals surface area contributed by atoms with E-state index in [9.17, 15) is 4.79 Å². The van der Waals surface area contributed by atoms with Crippen molar-refractivity contribution in [3.63, 3.8) is 0 Å². The lowest BCUT2D eigenvalue weighted by Gasteiger charge is -2.31. The summed E-state index contributed by atoms with van der Waals surface area (Å²) in [6, 6.07) is 33.0. The molecule has 0 saturated heterocycles. The zero-order valence-corrected chi connectivity index (χ0v) is 19.7. The molecule has 0 N–H and O–H groups in total. The first-order chi connectivity index (χ1) is 16.6. The summed E-state index contributed by atoms with van der Waals surface area (Å²) in [5, 5.41) is 0. The highest BCUT2D eigenvalue weighted by Crippen LogP contribution is 2.32. The molecule has 3 nitrogen and oxygen atoms in total. The largest absolute Gasteiger partial charge is 0.497 e. The van der Waals surface area contributed by atoms with Crippen molar-refractivity contribution in [1.82, 2.24) is 4.90 Å². The van der Waals surface area contributed by atoms with Gasteiger partial charge in [0.05, 0.1) is 12.7 Å². The summed E-state index contributed by atoms with van der Waals surface area (Å²) in [5.41, 5.74) is 7.57. The van der Waals surface area contributed by atoms with E-state index in [0.717, 1.165) is 46.4 Å². The maximum Gasteiger partial charge on any atom is 0.255 e. The minimum absolute atomic E-state index is 0.0811. The number of fused-ring (bicyclic) bond motifs is 1. The Hall–Kier alpha value is -3.85.